The number of nitrogens with one attached hydrogen (secondary N) is 1. The second-order valence-electron chi connectivity index (χ2n) is 8.53. The zero-order valence-corrected chi connectivity index (χ0v) is 22.3. The number of hydrogen-bond donors (Lipinski definition) is 3. The predicted octanol–water partition coefficient (Wildman–Crippen LogP) is 3.86. The maximum atomic E-state index is 12.6. The number of carboxylic acids is 2. The topological polar surface area (TPSA) is 142 Å². The van der Waals surface area contributed by atoms with Crippen LogP contribution in [0, 0.1) is 0 Å². The molecule has 0 bridgehead atoms. The summed E-state index contributed by atoms with van der Waals surface area (Å²) < 4.78 is 37.1. The monoisotopic (exact) mass is 560 g/mol. The Hall–Kier alpha value is -2.38. The molecular formula is C23H29ClN2O8S2. The lowest BCUT2D eigenvalue weighted by atomic mass is 10.1. The summed E-state index contributed by atoms with van der Waals surface area (Å²) in [6.07, 6.45) is 1.24. The quantitative estimate of drug-likeness (QED) is 0.352. The molecule has 0 atom stereocenters. The third-order valence-corrected chi connectivity index (χ3v) is 8.99. The number of benzene rings is 1. The summed E-state index contributed by atoms with van der Waals surface area (Å²) in [6, 6.07) is 7.29. The molecule has 0 unspecified atom stereocenters. The number of carbonyl (C=O) groups is 2. The van der Waals surface area contributed by atoms with Crippen molar-refractivity contribution in [2.75, 3.05) is 37.4 Å². The third-order valence-electron chi connectivity index (χ3n) is 5.48. The molecule has 1 aromatic heterocycles. The van der Waals surface area contributed by atoms with Crippen LogP contribution in [0.25, 0.3) is 10.4 Å². The van der Waals surface area contributed by atoms with Crippen molar-refractivity contribution in [1.29, 1.82) is 0 Å². The minimum absolute atomic E-state index is 0.0190. The Morgan fingerprint density at radius 2 is 1.94 bits per heavy atom. The van der Waals surface area contributed by atoms with E-state index in [9.17, 15) is 23.1 Å². The molecule has 0 aliphatic carbocycles. The molecular weight excluding hydrogens is 532 g/mol. The number of rotatable bonds is 12. The fraction of sp³-hybridized carbons (Fsp3) is 0.478. The maximum absolute atomic E-state index is 12.6. The summed E-state index contributed by atoms with van der Waals surface area (Å²) in [7, 11) is -3.37. The largest absolute Gasteiger partial charge is 0.479 e. The van der Waals surface area contributed by atoms with Gasteiger partial charge < -0.3 is 25.0 Å². The van der Waals surface area contributed by atoms with Gasteiger partial charge in [-0.15, -0.1) is 11.3 Å². The Balaban J connectivity index is 1.67. The Kier molecular flexibility index (Phi) is 9.59. The average Bonchev–Trinajstić information content (AvgIpc) is 3.14. The standard InChI is InChI=1S/C23H29ClN2O8S2/c1-14(2)33-10-11-36(31,32)26-8-6-16(7-9-26)25-17-5-3-4-15(12-17)21-19(24)20(34-13-18(27)28)22(35-21)23(29)30/h3-5,12,14,16,25H,6-11,13H2,1-2H3,(H,27,28)(H,29,30). The predicted molar refractivity (Wildman–Crippen MR) is 138 cm³/mol. The van der Waals surface area contributed by atoms with Crippen LogP contribution in [0.2, 0.25) is 5.02 Å². The van der Waals surface area contributed by atoms with Gasteiger partial charge in [0.2, 0.25) is 10.0 Å². The number of carboxylic acid groups (broad SMARTS) is 2. The lowest BCUT2D eigenvalue weighted by Crippen LogP contribution is -2.43. The van der Waals surface area contributed by atoms with E-state index in [1.165, 1.54) is 4.31 Å². The Labute approximate surface area is 218 Å². The van der Waals surface area contributed by atoms with Crippen molar-refractivity contribution in [3.05, 3.63) is 34.2 Å². The first kappa shape index (κ1) is 28.2. The molecule has 1 fully saturated rings. The van der Waals surface area contributed by atoms with Gasteiger partial charge in [-0.05, 0) is 44.4 Å². The molecule has 3 N–H and O–H groups in total. The van der Waals surface area contributed by atoms with Gasteiger partial charge in [-0.1, -0.05) is 23.7 Å². The van der Waals surface area contributed by atoms with E-state index in [-0.39, 0.29) is 40.2 Å². The van der Waals surface area contributed by atoms with Crippen molar-refractivity contribution in [2.24, 2.45) is 0 Å². The van der Waals surface area contributed by atoms with Crippen molar-refractivity contribution in [3.8, 4) is 16.2 Å². The van der Waals surface area contributed by atoms with Crippen molar-refractivity contribution in [2.45, 2.75) is 38.8 Å². The van der Waals surface area contributed by atoms with Crippen LogP contribution in [0.15, 0.2) is 24.3 Å². The number of anilines is 1. The highest BCUT2D eigenvalue weighted by atomic mass is 35.5. The van der Waals surface area contributed by atoms with E-state index in [1.54, 1.807) is 12.1 Å². The molecule has 1 aliphatic heterocycles. The number of ether oxygens (including phenoxy) is 2. The van der Waals surface area contributed by atoms with Crippen LogP contribution < -0.4 is 10.1 Å². The summed E-state index contributed by atoms with van der Waals surface area (Å²) in [5.41, 5.74) is 1.42. The number of aromatic carboxylic acids is 1. The van der Waals surface area contributed by atoms with Crippen molar-refractivity contribution in [3.63, 3.8) is 0 Å². The van der Waals surface area contributed by atoms with Gasteiger partial charge >= 0.3 is 11.9 Å². The Morgan fingerprint density at radius 3 is 2.56 bits per heavy atom. The lowest BCUT2D eigenvalue weighted by molar-refractivity contribution is -0.139. The summed E-state index contributed by atoms with van der Waals surface area (Å²) in [4.78, 5) is 22.8. The normalized spacial score (nSPS) is 15.2. The second kappa shape index (κ2) is 12.2. The molecule has 1 aromatic carbocycles. The molecule has 2 heterocycles. The highest BCUT2D eigenvalue weighted by Crippen LogP contribution is 2.46. The molecule has 3 rings (SSSR count). The van der Waals surface area contributed by atoms with Crippen LogP contribution in [0.1, 0.15) is 36.4 Å². The minimum atomic E-state index is -3.37. The van der Waals surface area contributed by atoms with Crippen LogP contribution in [-0.2, 0) is 19.6 Å². The number of hydrogen-bond acceptors (Lipinski definition) is 8. The maximum Gasteiger partial charge on any atom is 0.349 e. The zero-order valence-electron chi connectivity index (χ0n) is 19.9. The van der Waals surface area contributed by atoms with E-state index in [0.29, 0.717) is 36.4 Å². The van der Waals surface area contributed by atoms with E-state index < -0.39 is 28.6 Å². The van der Waals surface area contributed by atoms with Gasteiger partial charge in [-0.3, -0.25) is 0 Å². The molecule has 1 aliphatic rings. The summed E-state index contributed by atoms with van der Waals surface area (Å²) in [5.74, 6) is -2.72. The average molecular weight is 561 g/mol. The van der Waals surface area contributed by atoms with Crippen LogP contribution in [0.5, 0.6) is 5.75 Å². The van der Waals surface area contributed by atoms with Crippen LogP contribution in [0.4, 0.5) is 5.69 Å². The number of aliphatic carboxylic acids is 1. The molecule has 198 valence electrons. The first-order chi connectivity index (χ1) is 17.0. The molecule has 2 aromatic rings. The summed E-state index contributed by atoms with van der Waals surface area (Å²) in [6.45, 7) is 4.00. The molecule has 36 heavy (non-hydrogen) atoms. The minimum Gasteiger partial charge on any atom is -0.479 e. The van der Waals surface area contributed by atoms with E-state index in [2.05, 4.69) is 5.32 Å². The molecule has 1 saturated heterocycles. The van der Waals surface area contributed by atoms with Crippen LogP contribution in [-0.4, -0.2) is 79.1 Å². The van der Waals surface area contributed by atoms with Crippen LogP contribution >= 0.6 is 22.9 Å². The van der Waals surface area contributed by atoms with Gasteiger partial charge in [-0.25, -0.2) is 22.3 Å². The fourth-order valence-electron chi connectivity index (χ4n) is 3.77. The number of sulfonamides is 1. The van der Waals surface area contributed by atoms with Crippen molar-refractivity contribution >= 4 is 50.6 Å². The highest BCUT2D eigenvalue weighted by Gasteiger charge is 2.28. The summed E-state index contributed by atoms with van der Waals surface area (Å²) >= 11 is 7.29. The van der Waals surface area contributed by atoms with Crippen molar-refractivity contribution < 1.29 is 37.7 Å². The molecule has 10 nitrogen and oxygen atoms in total. The van der Waals surface area contributed by atoms with Gasteiger partial charge in [0.15, 0.2) is 17.2 Å². The van der Waals surface area contributed by atoms with Gasteiger partial charge in [-0.2, -0.15) is 0 Å². The second-order valence-corrected chi connectivity index (χ2v) is 12.0. The van der Waals surface area contributed by atoms with E-state index in [4.69, 9.17) is 26.2 Å². The first-order valence-electron chi connectivity index (χ1n) is 11.3. The molecule has 0 spiro atoms. The van der Waals surface area contributed by atoms with Crippen molar-refractivity contribution in [1.82, 2.24) is 4.31 Å². The Bertz CT molecular complexity index is 1190. The molecule has 0 amide bonds. The van der Waals surface area contributed by atoms with E-state index in [1.807, 2.05) is 26.0 Å². The fourth-order valence-corrected chi connectivity index (χ4v) is 6.50. The van der Waals surface area contributed by atoms with Gasteiger partial charge in [0, 0.05) is 24.8 Å². The number of nitrogens with zero attached hydrogens (tertiary/aromatic N) is 1. The van der Waals surface area contributed by atoms with E-state index >= 15 is 0 Å². The third kappa shape index (κ3) is 7.32. The molecule has 0 radical (unpaired) electrons. The van der Waals surface area contributed by atoms with Gasteiger partial charge in [0.1, 0.15) is 5.02 Å². The highest BCUT2D eigenvalue weighted by molar-refractivity contribution is 7.89. The van der Waals surface area contributed by atoms with Gasteiger partial charge in [0.05, 0.1) is 23.3 Å². The summed E-state index contributed by atoms with van der Waals surface area (Å²) in [5, 5.41) is 21.8. The smallest absolute Gasteiger partial charge is 0.349 e. The Morgan fingerprint density at radius 1 is 1.25 bits per heavy atom. The number of piperidine rings is 1. The number of halogens is 1. The SMILES string of the molecule is CC(C)OCCS(=O)(=O)N1CCC(Nc2cccc(-c3sc(C(=O)O)c(OCC(=O)O)c3Cl)c2)CC1. The number of thiophene rings is 1. The molecule has 0 saturated carbocycles. The zero-order chi connectivity index (χ0) is 26.5. The first-order valence-corrected chi connectivity index (χ1v) is 14.1. The lowest BCUT2D eigenvalue weighted by Gasteiger charge is -2.32. The van der Waals surface area contributed by atoms with E-state index in [0.717, 1.165) is 17.0 Å². The van der Waals surface area contributed by atoms with Crippen LogP contribution in [0.3, 0.4) is 0 Å². The van der Waals surface area contributed by atoms with Gasteiger partial charge in [0.25, 0.3) is 0 Å². The molecule has 13 heteroatoms.